The maximum absolute atomic E-state index is 13.2. The molecular weight excluding hydrogens is 356 g/mol. The van der Waals surface area contributed by atoms with Gasteiger partial charge < -0.3 is 4.57 Å². The van der Waals surface area contributed by atoms with E-state index in [-0.39, 0.29) is 24.2 Å². The van der Waals surface area contributed by atoms with E-state index in [9.17, 15) is 4.79 Å². The molecule has 2 heterocycles. The fourth-order valence-electron chi connectivity index (χ4n) is 3.82. The average molecular weight is 373 g/mol. The number of hydrogen-bond donors (Lipinski definition) is 0. The smallest absolute Gasteiger partial charge is 0.193 e. The number of imidazole rings is 1. The Kier molecular flexibility index (Phi) is 4.38. The quantitative estimate of drug-likeness (QED) is 0.410. The number of nitrogens with zero attached hydrogens (tertiary/aromatic N) is 2. The van der Waals surface area contributed by atoms with E-state index in [1.165, 1.54) is 5.56 Å². The van der Waals surface area contributed by atoms with Gasteiger partial charge in [-0.1, -0.05) is 78.9 Å². The Labute approximate surface area is 163 Å². The molecule has 1 aliphatic heterocycles. The first kappa shape index (κ1) is 17.3. The Balaban J connectivity index is 0.00000180. The minimum Gasteiger partial charge on any atom is -0.319 e. The number of aromatic nitrogens is 2. The van der Waals surface area contributed by atoms with Crippen LogP contribution in [-0.2, 0) is 0 Å². The summed E-state index contributed by atoms with van der Waals surface area (Å²) in [7, 11) is 0. The zero-order chi connectivity index (χ0) is 17.5. The molecule has 0 aliphatic carbocycles. The van der Waals surface area contributed by atoms with Crippen LogP contribution < -0.4 is 0 Å². The number of rotatable bonds is 3. The fourth-order valence-corrected chi connectivity index (χ4v) is 3.82. The number of carbonyl (C=O) groups excluding carboxylic acids is 1. The molecule has 4 aromatic rings. The molecule has 0 saturated carbocycles. The zero-order valence-electron chi connectivity index (χ0n) is 14.4. The van der Waals surface area contributed by atoms with Crippen LogP contribution in [0.1, 0.15) is 33.1 Å². The predicted molar refractivity (Wildman–Crippen MR) is 108 cm³/mol. The molecule has 3 nitrogen and oxygen atoms in total. The predicted octanol–water partition coefficient (Wildman–Crippen LogP) is 5.15. The van der Waals surface area contributed by atoms with Gasteiger partial charge in [-0.05, 0) is 11.1 Å². The van der Waals surface area contributed by atoms with Crippen molar-refractivity contribution in [2.45, 2.75) is 6.04 Å². The average Bonchev–Trinajstić information content (AvgIpc) is 3.29. The lowest BCUT2D eigenvalue weighted by atomic mass is 9.90. The van der Waals surface area contributed by atoms with Crippen molar-refractivity contribution in [1.29, 1.82) is 0 Å². The summed E-state index contributed by atoms with van der Waals surface area (Å²) in [4.78, 5) is 17.7. The van der Waals surface area contributed by atoms with Gasteiger partial charge in [0.2, 0.25) is 0 Å². The van der Waals surface area contributed by atoms with Crippen LogP contribution in [0.4, 0.5) is 0 Å². The van der Waals surface area contributed by atoms with Crippen molar-refractivity contribution in [2.24, 2.45) is 0 Å². The number of carbonyl (C=O) groups is 1. The minimum absolute atomic E-state index is 0. The van der Waals surface area contributed by atoms with E-state index >= 15 is 0 Å². The van der Waals surface area contributed by atoms with Gasteiger partial charge in [-0.15, -0.1) is 12.4 Å². The van der Waals surface area contributed by atoms with Crippen molar-refractivity contribution in [1.82, 2.24) is 9.55 Å². The highest BCUT2D eigenvalue weighted by Gasteiger charge is 2.32. The van der Waals surface area contributed by atoms with Gasteiger partial charge in [0.15, 0.2) is 5.78 Å². The van der Waals surface area contributed by atoms with Gasteiger partial charge in [-0.2, -0.15) is 0 Å². The van der Waals surface area contributed by atoms with Crippen molar-refractivity contribution in [3.05, 3.63) is 114 Å². The van der Waals surface area contributed by atoms with Crippen LogP contribution in [0, 0.1) is 0 Å². The summed E-state index contributed by atoms with van der Waals surface area (Å²) < 4.78 is 2.15. The monoisotopic (exact) mass is 372 g/mol. The van der Waals surface area contributed by atoms with Crippen LogP contribution in [0.3, 0.4) is 0 Å². The van der Waals surface area contributed by atoms with Gasteiger partial charge in [0.25, 0.3) is 0 Å². The van der Waals surface area contributed by atoms with Gasteiger partial charge in [-0.25, -0.2) is 4.98 Å². The molecular formula is C23H17ClN2O. The van der Waals surface area contributed by atoms with Crippen molar-refractivity contribution in [3.8, 4) is 11.4 Å². The molecule has 0 fully saturated rings. The summed E-state index contributed by atoms with van der Waals surface area (Å²) in [5, 5.41) is 0. The summed E-state index contributed by atoms with van der Waals surface area (Å²) in [6.45, 7) is 0. The fraction of sp³-hybridized carbons (Fsp3) is 0.0435. The third kappa shape index (κ3) is 2.68. The lowest BCUT2D eigenvalue weighted by molar-refractivity contribution is 0.103. The van der Waals surface area contributed by atoms with Crippen molar-refractivity contribution < 1.29 is 4.79 Å². The second kappa shape index (κ2) is 6.86. The molecule has 5 rings (SSSR count). The molecule has 132 valence electrons. The molecule has 27 heavy (non-hydrogen) atoms. The van der Waals surface area contributed by atoms with Crippen LogP contribution in [0.25, 0.3) is 11.4 Å². The molecule has 0 spiro atoms. The first-order valence-corrected chi connectivity index (χ1v) is 8.65. The highest BCUT2D eigenvalue weighted by molar-refractivity contribution is 6.10. The van der Waals surface area contributed by atoms with Gasteiger partial charge >= 0.3 is 0 Å². The first-order chi connectivity index (χ1) is 12.8. The second-order valence-corrected chi connectivity index (χ2v) is 6.43. The molecule has 0 N–H and O–H groups in total. The van der Waals surface area contributed by atoms with Crippen molar-refractivity contribution in [2.75, 3.05) is 0 Å². The summed E-state index contributed by atoms with van der Waals surface area (Å²) >= 11 is 0. The number of fused-ring (bicyclic) bond motifs is 3. The van der Waals surface area contributed by atoms with Gasteiger partial charge in [0.1, 0.15) is 5.82 Å². The van der Waals surface area contributed by atoms with E-state index in [2.05, 4.69) is 21.7 Å². The first-order valence-electron chi connectivity index (χ1n) is 8.65. The number of benzene rings is 3. The van der Waals surface area contributed by atoms with Crippen LogP contribution in [-0.4, -0.2) is 15.3 Å². The minimum atomic E-state index is -0.0347. The lowest BCUT2D eigenvalue weighted by Crippen LogP contribution is -2.13. The molecule has 3 aromatic carbocycles. The van der Waals surface area contributed by atoms with Crippen molar-refractivity contribution >= 4 is 18.2 Å². The van der Waals surface area contributed by atoms with Crippen LogP contribution >= 0.6 is 12.4 Å². The second-order valence-electron chi connectivity index (χ2n) is 6.43. The summed E-state index contributed by atoms with van der Waals surface area (Å²) in [6, 6.07) is 25.6. The third-order valence-electron chi connectivity index (χ3n) is 4.98. The standard InChI is InChI=1S/C23H16N2O.ClH/c26-22(16-8-2-1-3-9-16)19-12-6-4-10-17(19)21-18-11-5-7-13-20(18)23-24-14-15-25(21)23;/h1-15,21H;1H. The molecule has 0 radical (unpaired) electrons. The van der Waals surface area contributed by atoms with Crippen LogP contribution in [0.5, 0.6) is 0 Å². The highest BCUT2D eigenvalue weighted by atomic mass is 35.5. The number of halogens is 1. The van der Waals surface area contributed by atoms with E-state index < -0.39 is 0 Å². The Hall–Kier alpha value is -3.17. The molecule has 0 bridgehead atoms. The van der Waals surface area contributed by atoms with Gasteiger partial charge in [0, 0.05) is 29.1 Å². The Bertz CT molecular complexity index is 1120. The van der Waals surface area contributed by atoms with E-state index in [4.69, 9.17) is 0 Å². The molecule has 1 unspecified atom stereocenters. The normalized spacial score (nSPS) is 14.1. The Morgan fingerprint density at radius 3 is 2.30 bits per heavy atom. The topological polar surface area (TPSA) is 34.9 Å². The van der Waals surface area contributed by atoms with E-state index in [0.29, 0.717) is 5.56 Å². The van der Waals surface area contributed by atoms with Crippen molar-refractivity contribution in [3.63, 3.8) is 0 Å². The Morgan fingerprint density at radius 1 is 0.815 bits per heavy atom. The summed E-state index contributed by atoms with van der Waals surface area (Å²) in [5.41, 5.74) is 4.76. The molecule has 1 aliphatic rings. The maximum Gasteiger partial charge on any atom is 0.193 e. The Morgan fingerprint density at radius 2 is 1.48 bits per heavy atom. The van der Waals surface area contributed by atoms with E-state index in [1.807, 2.05) is 79.1 Å². The molecule has 0 saturated heterocycles. The van der Waals surface area contributed by atoms with E-state index in [1.54, 1.807) is 0 Å². The molecule has 1 aromatic heterocycles. The summed E-state index contributed by atoms with van der Waals surface area (Å²) in [6.07, 6.45) is 3.81. The van der Waals surface area contributed by atoms with Crippen LogP contribution in [0.15, 0.2) is 91.3 Å². The van der Waals surface area contributed by atoms with Crippen LogP contribution in [0.2, 0.25) is 0 Å². The molecule has 0 amide bonds. The molecule has 4 heteroatoms. The number of hydrogen-bond acceptors (Lipinski definition) is 2. The van der Waals surface area contributed by atoms with Gasteiger partial charge in [0.05, 0.1) is 6.04 Å². The largest absolute Gasteiger partial charge is 0.319 e. The maximum atomic E-state index is 13.2. The SMILES string of the molecule is Cl.O=C(c1ccccc1)c1ccccc1C1c2ccccc2-c2nccn21. The van der Waals surface area contributed by atoms with E-state index in [0.717, 1.165) is 22.5 Å². The molecule has 1 atom stereocenters. The lowest BCUT2D eigenvalue weighted by Gasteiger charge is -2.18. The zero-order valence-corrected chi connectivity index (χ0v) is 15.3. The highest BCUT2D eigenvalue weighted by Crippen LogP contribution is 2.42. The third-order valence-corrected chi connectivity index (χ3v) is 4.98. The summed E-state index contributed by atoms with van der Waals surface area (Å²) in [5.74, 6) is 1.000. The number of ketones is 1. The van der Waals surface area contributed by atoms with Gasteiger partial charge in [-0.3, -0.25) is 4.79 Å².